The number of rotatable bonds is 4. The van der Waals surface area contributed by atoms with E-state index in [0.29, 0.717) is 5.92 Å². The van der Waals surface area contributed by atoms with Crippen LogP contribution in [0.15, 0.2) is 11.4 Å². The third kappa shape index (κ3) is 3.02. The fraction of sp³-hybridized carbons (Fsp3) is 0.692. The molecule has 2 atom stereocenters. The molecule has 17 heavy (non-hydrogen) atoms. The summed E-state index contributed by atoms with van der Waals surface area (Å²) >= 11 is 7.78. The summed E-state index contributed by atoms with van der Waals surface area (Å²) in [4.78, 5) is 1.06. The Morgan fingerprint density at radius 1 is 1.41 bits per heavy atom. The van der Waals surface area contributed by atoms with Gasteiger partial charge in [0, 0.05) is 12.0 Å². The molecule has 0 saturated heterocycles. The van der Waals surface area contributed by atoms with Crippen molar-refractivity contribution < 1.29 is 4.74 Å². The minimum atomic E-state index is -0.0874. The Kier molecular flexibility index (Phi) is 4.86. The van der Waals surface area contributed by atoms with Gasteiger partial charge in [0.05, 0.1) is 17.2 Å². The van der Waals surface area contributed by atoms with E-state index in [1.54, 1.807) is 18.4 Å². The molecule has 4 heteroatoms. The van der Waals surface area contributed by atoms with Crippen LogP contribution in [0.2, 0.25) is 5.02 Å². The minimum absolute atomic E-state index is 0.0874. The average Bonchev–Trinajstić information content (AvgIpc) is 2.77. The SMILES string of the molecule is COC(C1CCCCC1)C(N)c1sccc1Cl. The van der Waals surface area contributed by atoms with Crippen LogP contribution in [0.3, 0.4) is 0 Å². The van der Waals surface area contributed by atoms with Crippen LogP contribution in [-0.4, -0.2) is 13.2 Å². The molecule has 2 rings (SSSR count). The smallest absolute Gasteiger partial charge is 0.0800 e. The van der Waals surface area contributed by atoms with E-state index in [4.69, 9.17) is 22.1 Å². The lowest BCUT2D eigenvalue weighted by Gasteiger charge is -2.32. The number of methoxy groups -OCH3 is 1. The van der Waals surface area contributed by atoms with Gasteiger partial charge in [-0.05, 0) is 30.2 Å². The van der Waals surface area contributed by atoms with Crippen LogP contribution in [0.5, 0.6) is 0 Å². The summed E-state index contributed by atoms with van der Waals surface area (Å²) in [5.41, 5.74) is 6.33. The molecule has 0 aromatic carbocycles. The normalized spacial score (nSPS) is 21.4. The van der Waals surface area contributed by atoms with Gasteiger partial charge in [-0.3, -0.25) is 0 Å². The first-order valence-electron chi connectivity index (χ1n) is 6.25. The summed E-state index contributed by atoms with van der Waals surface area (Å²) in [5.74, 6) is 0.585. The third-order valence-electron chi connectivity index (χ3n) is 3.69. The molecule has 0 bridgehead atoms. The van der Waals surface area contributed by atoms with Crippen LogP contribution >= 0.6 is 22.9 Å². The highest BCUT2D eigenvalue weighted by Crippen LogP contribution is 2.36. The topological polar surface area (TPSA) is 35.2 Å². The summed E-state index contributed by atoms with van der Waals surface area (Å²) in [7, 11) is 1.76. The molecule has 2 unspecified atom stereocenters. The highest BCUT2D eigenvalue weighted by molar-refractivity contribution is 7.10. The van der Waals surface area contributed by atoms with Crippen molar-refractivity contribution in [2.24, 2.45) is 11.7 Å². The van der Waals surface area contributed by atoms with Gasteiger partial charge < -0.3 is 10.5 Å². The van der Waals surface area contributed by atoms with E-state index in [1.165, 1.54) is 32.1 Å². The highest BCUT2D eigenvalue weighted by atomic mass is 35.5. The quantitative estimate of drug-likeness (QED) is 0.900. The highest BCUT2D eigenvalue weighted by Gasteiger charge is 2.30. The van der Waals surface area contributed by atoms with Crippen molar-refractivity contribution in [3.05, 3.63) is 21.3 Å². The van der Waals surface area contributed by atoms with Gasteiger partial charge in [-0.1, -0.05) is 30.9 Å². The maximum atomic E-state index is 6.33. The molecular formula is C13H20ClNOS. The molecule has 96 valence electrons. The largest absolute Gasteiger partial charge is 0.379 e. The first-order chi connectivity index (χ1) is 8.24. The Bertz CT molecular complexity index is 349. The molecule has 1 saturated carbocycles. The molecule has 1 heterocycles. The van der Waals surface area contributed by atoms with E-state index in [9.17, 15) is 0 Å². The number of ether oxygens (including phenoxy) is 1. The Hall–Kier alpha value is -0.0900. The van der Waals surface area contributed by atoms with Crippen molar-refractivity contribution in [2.75, 3.05) is 7.11 Å². The second-order valence-electron chi connectivity index (χ2n) is 4.76. The molecular weight excluding hydrogens is 254 g/mol. The third-order valence-corrected chi connectivity index (χ3v) is 5.15. The number of nitrogens with two attached hydrogens (primary N) is 1. The maximum absolute atomic E-state index is 6.33. The number of hydrogen-bond donors (Lipinski definition) is 1. The van der Waals surface area contributed by atoms with Crippen molar-refractivity contribution in [3.8, 4) is 0 Å². The number of halogens is 1. The maximum Gasteiger partial charge on any atom is 0.0800 e. The second kappa shape index (κ2) is 6.19. The van der Waals surface area contributed by atoms with Crippen molar-refractivity contribution in [1.29, 1.82) is 0 Å². The summed E-state index contributed by atoms with van der Waals surface area (Å²) < 4.78 is 5.65. The molecule has 0 amide bonds. The van der Waals surface area contributed by atoms with Crippen molar-refractivity contribution in [2.45, 2.75) is 44.2 Å². The Labute approximate surface area is 112 Å². The van der Waals surface area contributed by atoms with Crippen LogP contribution in [0, 0.1) is 5.92 Å². The molecule has 0 radical (unpaired) electrons. The van der Waals surface area contributed by atoms with Gasteiger partial charge in [-0.15, -0.1) is 11.3 Å². The predicted molar refractivity (Wildman–Crippen MR) is 73.6 cm³/mol. The standard InChI is InChI=1S/C13H20ClNOS/c1-16-12(9-5-3-2-4-6-9)11(15)13-10(14)7-8-17-13/h7-9,11-12H,2-6,15H2,1H3. The van der Waals surface area contributed by atoms with Crippen LogP contribution in [0.25, 0.3) is 0 Å². The zero-order chi connectivity index (χ0) is 12.3. The van der Waals surface area contributed by atoms with Crippen LogP contribution in [0.1, 0.15) is 43.0 Å². The van der Waals surface area contributed by atoms with Crippen molar-refractivity contribution in [1.82, 2.24) is 0 Å². The first-order valence-corrected chi connectivity index (χ1v) is 7.51. The predicted octanol–water partition coefficient (Wildman–Crippen LogP) is 4.00. The fourth-order valence-electron chi connectivity index (χ4n) is 2.79. The molecule has 1 fully saturated rings. The molecule has 1 aromatic heterocycles. The molecule has 0 spiro atoms. The van der Waals surface area contributed by atoms with E-state index in [1.807, 2.05) is 11.4 Å². The van der Waals surface area contributed by atoms with Gasteiger partial charge in [0.25, 0.3) is 0 Å². The van der Waals surface area contributed by atoms with Crippen LogP contribution in [0.4, 0.5) is 0 Å². The Morgan fingerprint density at radius 2 is 2.12 bits per heavy atom. The van der Waals surface area contributed by atoms with Crippen molar-refractivity contribution >= 4 is 22.9 Å². The zero-order valence-corrected chi connectivity index (χ0v) is 11.8. The van der Waals surface area contributed by atoms with Gasteiger partial charge in [0.2, 0.25) is 0 Å². The Morgan fingerprint density at radius 3 is 2.65 bits per heavy atom. The number of thiophene rings is 1. The van der Waals surface area contributed by atoms with E-state index < -0.39 is 0 Å². The lowest BCUT2D eigenvalue weighted by Crippen LogP contribution is -2.35. The monoisotopic (exact) mass is 273 g/mol. The summed E-state index contributed by atoms with van der Waals surface area (Å²) in [5, 5.41) is 2.77. The molecule has 2 N–H and O–H groups in total. The fourth-order valence-corrected chi connectivity index (χ4v) is 4.01. The van der Waals surface area contributed by atoms with Gasteiger partial charge >= 0.3 is 0 Å². The molecule has 2 nitrogen and oxygen atoms in total. The average molecular weight is 274 g/mol. The lowest BCUT2D eigenvalue weighted by atomic mass is 9.82. The van der Waals surface area contributed by atoms with Crippen LogP contribution < -0.4 is 5.73 Å². The van der Waals surface area contributed by atoms with E-state index >= 15 is 0 Å². The molecule has 1 aromatic rings. The minimum Gasteiger partial charge on any atom is -0.379 e. The van der Waals surface area contributed by atoms with Gasteiger partial charge in [-0.2, -0.15) is 0 Å². The molecule has 1 aliphatic rings. The van der Waals surface area contributed by atoms with E-state index in [-0.39, 0.29) is 12.1 Å². The zero-order valence-electron chi connectivity index (χ0n) is 10.2. The lowest BCUT2D eigenvalue weighted by molar-refractivity contribution is 0.0181. The summed E-state index contributed by atoms with van der Waals surface area (Å²) in [6, 6.07) is 1.82. The molecule has 1 aliphatic carbocycles. The second-order valence-corrected chi connectivity index (χ2v) is 6.11. The van der Waals surface area contributed by atoms with Gasteiger partial charge in [-0.25, -0.2) is 0 Å². The van der Waals surface area contributed by atoms with Gasteiger partial charge in [0.15, 0.2) is 0 Å². The van der Waals surface area contributed by atoms with Crippen LogP contribution in [-0.2, 0) is 4.74 Å². The Balaban J connectivity index is 2.09. The van der Waals surface area contributed by atoms with E-state index in [2.05, 4.69) is 0 Å². The summed E-state index contributed by atoms with van der Waals surface area (Å²) in [6.07, 6.45) is 6.52. The summed E-state index contributed by atoms with van der Waals surface area (Å²) in [6.45, 7) is 0. The van der Waals surface area contributed by atoms with E-state index in [0.717, 1.165) is 9.90 Å². The molecule has 0 aliphatic heterocycles. The first kappa shape index (κ1) is 13.3. The number of hydrogen-bond acceptors (Lipinski definition) is 3. The van der Waals surface area contributed by atoms with Crippen molar-refractivity contribution in [3.63, 3.8) is 0 Å². The van der Waals surface area contributed by atoms with Gasteiger partial charge in [0.1, 0.15) is 0 Å².